The lowest BCUT2D eigenvalue weighted by atomic mass is 9.62. The van der Waals surface area contributed by atoms with Gasteiger partial charge in [0.1, 0.15) is 0 Å². The van der Waals surface area contributed by atoms with Crippen molar-refractivity contribution in [3.63, 3.8) is 0 Å². The van der Waals surface area contributed by atoms with Gasteiger partial charge in [-0.2, -0.15) is 0 Å². The van der Waals surface area contributed by atoms with Gasteiger partial charge in [0.25, 0.3) is 0 Å². The fraction of sp³-hybridized carbons (Fsp3) is 1.00. The number of hydrogen-bond acceptors (Lipinski definition) is 0. The van der Waals surface area contributed by atoms with Crippen LogP contribution >= 0.6 is 0 Å². The molecule has 0 bridgehead atoms. The minimum atomic E-state index is 0.778. The summed E-state index contributed by atoms with van der Waals surface area (Å²) in [7, 11) is 0. The second-order valence-electron chi connectivity index (χ2n) is 5.04. The normalized spacial score (nSPS) is 57.9. The highest BCUT2D eigenvalue weighted by molar-refractivity contribution is 5.23. The SMILES string of the molecule is CC(C)C12CC1(C)CC2C. The molecule has 2 aliphatic carbocycles. The summed E-state index contributed by atoms with van der Waals surface area (Å²) in [5.41, 5.74) is 1.56. The smallest absolute Gasteiger partial charge is 0.0189 e. The van der Waals surface area contributed by atoms with E-state index >= 15 is 0 Å². The molecule has 0 heterocycles. The first-order valence-electron chi connectivity index (χ1n) is 4.53. The van der Waals surface area contributed by atoms with Crippen LogP contribution in [0.15, 0.2) is 0 Å². The van der Waals surface area contributed by atoms with Crippen LogP contribution in [0.25, 0.3) is 0 Å². The molecule has 0 radical (unpaired) electrons. The van der Waals surface area contributed by atoms with Crippen LogP contribution in [-0.2, 0) is 0 Å². The Kier molecular flexibility index (Phi) is 0.964. The molecule has 2 saturated carbocycles. The maximum absolute atomic E-state index is 2.47. The second kappa shape index (κ2) is 1.44. The third-order valence-corrected chi connectivity index (χ3v) is 4.35. The van der Waals surface area contributed by atoms with Gasteiger partial charge < -0.3 is 0 Å². The summed E-state index contributed by atoms with van der Waals surface area (Å²) in [6.45, 7) is 9.67. The fourth-order valence-electron chi connectivity index (χ4n) is 3.83. The van der Waals surface area contributed by atoms with E-state index in [1.165, 1.54) is 12.8 Å². The van der Waals surface area contributed by atoms with Gasteiger partial charge in [0.2, 0.25) is 0 Å². The zero-order valence-corrected chi connectivity index (χ0v) is 7.57. The van der Waals surface area contributed by atoms with Gasteiger partial charge in [-0.1, -0.05) is 27.7 Å². The van der Waals surface area contributed by atoms with Crippen LogP contribution in [0.1, 0.15) is 40.5 Å². The monoisotopic (exact) mass is 138 g/mol. The van der Waals surface area contributed by atoms with Gasteiger partial charge in [-0.3, -0.25) is 0 Å². The molecule has 2 rings (SSSR count). The number of rotatable bonds is 1. The van der Waals surface area contributed by atoms with E-state index in [-0.39, 0.29) is 0 Å². The zero-order chi connectivity index (χ0) is 7.57. The Morgan fingerprint density at radius 1 is 1.40 bits per heavy atom. The summed E-state index contributed by atoms with van der Waals surface area (Å²) in [6, 6.07) is 0. The molecule has 0 aliphatic heterocycles. The molecule has 0 spiro atoms. The lowest BCUT2D eigenvalue weighted by Gasteiger charge is -2.43. The Bertz CT molecular complexity index is 164. The average molecular weight is 138 g/mol. The highest BCUT2D eigenvalue weighted by Gasteiger charge is 2.75. The fourth-order valence-corrected chi connectivity index (χ4v) is 3.83. The van der Waals surface area contributed by atoms with Crippen LogP contribution in [0.4, 0.5) is 0 Å². The van der Waals surface area contributed by atoms with Crippen molar-refractivity contribution in [1.29, 1.82) is 0 Å². The Labute approximate surface area is 64.0 Å². The summed E-state index contributed by atoms with van der Waals surface area (Å²) in [5, 5.41) is 0. The third-order valence-electron chi connectivity index (χ3n) is 4.35. The van der Waals surface area contributed by atoms with E-state index in [1.54, 1.807) is 0 Å². The van der Waals surface area contributed by atoms with Crippen molar-refractivity contribution in [3.8, 4) is 0 Å². The largest absolute Gasteiger partial charge is 0.0622 e. The second-order valence-corrected chi connectivity index (χ2v) is 5.04. The van der Waals surface area contributed by atoms with Crippen LogP contribution in [-0.4, -0.2) is 0 Å². The minimum absolute atomic E-state index is 0.778. The Morgan fingerprint density at radius 2 is 2.00 bits per heavy atom. The molecule has 0 saturated heterocycles. The standard InChI is InChI=1S/C10H18/c1-7(2)10-6-9(10,4)5-8(10)3/h7-8H,5-6H2,1-4H3. The minimum Gasteiger partial charge on any atom is -0.0622 e. The average Bonchev–Trinajstić information content (AvgIpc) is 2.30. The van der Waals surface area contributed by atoms with Crippen LogP contribution in [0, 0.1) is 22.7 Å². The van der Waals surface area contributed by atoms with E-state index in [2.05, 4.69) is 27.7 Å². The van der Waals surface area contributed by atoms with E-state index in [1.807, 2.05) is 0 Å². The van der Waals surface area contributed by atoms with Crippen molar-refractivity contribution >= 4 is 0 Å². The molecule has 0 aromatic carbocycles. The number of hydrogen-bond donors (Lipinski definition) is 0. The molecular formula is C10H18. The van der Waals surface area contributed by atoms with E-state index in [9.17, 15) is 0 Å². The van der Waals surface area contributed by atoms with Gasteiger partial charge in [0.05, 0.1) is 0 Å². The highest BCUT2D eigenvalue weighted by atomic mass is 14.8. The molecule has 2 fully saturated rings. The van der Waals surface area contributed by atoms with Gasteiger partial charge in [-0.25, -0.2) is 0 Å². The number of fused-ring (bicyclic) bond motifs is 1. The third kappa shape index (κ3) is 0.436. The van der Waals surface area contributed by atoms with Gasteiger partial charge >= 0.3 is 0 Å². The van der Waals surface area contributed by atoms with E-state index in [4.69, 9.17) is 0 Å². The lowest BCUT2D eigenvalue weighted by Crippen LogP contribution is -2.36. The lowest BCUT2D eigenvalue weighted by molar-refractivity contribution is 0.0543. The van der Waals surface area contributed by atoms with Gasteiger partial charge in [-0.15, -0.1) is 0 Å². The maximum atomic E-state index is 2.47. The van der Waals surface area contributed by atoms with Crippen molar-refractivity contribution in [2.75, 3.05) is 0 Å². The van der Waals surface area contributed by atoms with Crippen LogP contribution in [0.5, 0.6) is 0 Å². The molecular weight excluding hydrogens is 120 g/mol. The molecule has 58 valence electrons. The Hall–Kier alpha value is 0. The molecule has 10 heavy (non-hydrogen) atoms. The molecule has 0 aromatic rings. The van der Waals surface area contributed by atoms with Crippen molar-refractivity contribution in [1.82, 2.24) is 0 Å². The van der Waals surface area contributed by atoms with E-state index in [0.29, 0.717) is 0 Å². The molecule has 0 N–H and O–H groups in total. The van der Waals surface area contributed by atoms with Crippen LogP contribution in [0.2, 0.25) is 0 Å². The molecule has 3 atom stereocenters. The summed E-state index contributed by atoms with van der Waals surface area (Å²) in [4.78, 5) is 0. The van der Waals surface area contributed by atoms with Crippen molar-refractivity contribution in [3.05, 3.63) is 0 Å². The summed E-state index contributed by atoms with van der Waals surface area (Å²) in [6.07, 6.45) is 3.00. The van der Waals surface area contributed by atoms with Crippen molar-refractivity contribution < 1.29 is 0 Å². The first-order chi connectivity index (χ1) is 4.53. The molecule has 2 aliphatic rings. The van der Waals surface area contributed by atoms with Crippen LogP contribution in [0.3, 0.4) is 0 Å². The van der Waals surface area contributed by atoms with Crippen LogP contribution < -0.4 is 0 Å². The molecule has 0 nitrogen and oxygen atoms in total. The molecule has 3 unspecified atom stereocenters. The Morgan fingerprint density at radius 3 is 2.10 bits per heavy atom. The highest BCUT2D eigenvalue weighted by Crippen LogP contribution is 2.82. The van der Waals surface area contributed by atoms with Crippen molar-refractivity contribution in [2.45, 2.75) is 40.5 Å². The summed E-state index contributed by atoms with van der Waals surface area (Å²) >= 11 is 0. The maximum Gasteiger partial charge on any atom is -0.0189 e. The van der Waals surface area contributed by atoms with E-state index < -0.39 is 0 Å². The molecule has 0 heteroatoms. The van der Waals surface area contributed by atoms with Gasteiger partial charge in [0.15, 0.2) is 0 Å². The van der Waals surface area contributed by atoms with Gasteiger partial charge in [0, 0.05) is 0 Å². The predicted octanol–water partition coefficient (Wildman–Crippen LogP) is 3.08. The predicted molar refractivity (Wildman–Crippen MR) is 43.8 cm³/mol. The van der Waals surface area contributed by atoms with Gasteiger partial charge in [-0.05, 0) is 35.5 Å². The first kappa shape index (κ1) is 6.69. The Balaban J connectivity index is 2.20. The van der Waals surface area contributed by atoms with Crippen molar-refractivity contribution in [2.24, 2.45) is 22.7 Å². The van der Waals surface area contributed by atoms with E-state index in [0.717, 1.165) is 22.7 Å². The zero-order valence-electron chi connectivity index (χ0n) is 7.57. The quantitative estimate of drug-likeness (QED) is 0.522. The first-order valence-corrected chi connectivity index (χ1v) is 4.53. The molecule has 0 aromatic heterocycles. The molecule has 0 amide bonds. The topological polar surface area (TPSA) is 0 Å². The summed E-state index contributed by atoms with van der Waals surface area (Å²) < 4.78 is 0. The summed E-state index contributed by atoms with van der Waals surface area (Å²) in [5.74, 6) is 1.93.